The van der Waals surface area contributed by atoms with Crippen LogP contribution in [0.15, 0.2) is 72.8 Å². The molecule has 1 N–H and O–H groups in total. The number of ether oxygens (including phenoxy) is 1. The Labute approximate surface area is 152 Å². The number of carbonyl (C=O) groups excluding carboxylic acids is 1. The van der Waals surface area contributed by atoms with Gasteiger partial charge >= 0.3 is 0 Å². The summed E-state index contributed by atoms with van der Waals surface area (Å²) in [6.45, 7) is 2.49. The van der Waals surface area contributed by atoms with Crippen molar-refractivity contribution in [2.24, 2.45) is 0 Å². The molecule has 0 aliphatic carbocycles. The van der Waals surface area contributed by atoms with Crippen LogP contribution in [0.1, 0.15) is 27.0 Å². The molecule has 128 valence electrons. The molecule has 4 heteroatoms. The van der Waals surface area contributed by atoms with Gasteiger partial charge in [-0.05, 0) is 55.0 Å². The third-order valence-electron chi connectivity index (χ3n) is 3.89. The Kier molecular flexibility index (Phi) is 5.31. The van der Waals surface area contributed by atoms with Crippen molar-refractivity contribution in [2.75, 3.05) is 5.32 Å². The van der Waals surface area contributed by atoms with Crippen molar-refractivity contribution in [1.29, 1.82) is 5.26 Å². The molecular formula is C22H18N2O2. The molecular weight excluding hydrogens is 324 g/mol. The summed E-state index contributed by atoms with van der Waals surface area (Å²) in [7, 11) is 0. The van der Waals surface area contributed by atoms with Crippen LogP contribution in [0.25, 0.3) is 0 Å². The lowest BCUT2D eigenvalue weighted by Gasteiger charge is -2.09. The molecule has 0 aliphatic rings. The SMILES string of the molecule is Cc1ccc(COc2cccc(C(=O)Nc3ccc(C#N)cc3)c2)cc1. The first-order valence-electron chi connectivity index (χ1n) is 8.24. The van der Waals surface area contributed by atoms with E-state index in [-0.39, 0.29) is 5.91 Å². The van der Waals surface area contributed by atoms with Crippen LogP contribution in [0.3, 0.4) is 0 Å². The topological polar surface area (TPSA) is 62.1 Å². The van der Waals surface area contributed by atoms with E-state index in [9.17, 15) is 4.79 Å². The fourth-order valence-electron chi connectivity index (χ4n) is 2.41. The van der Waals surface area contributed by atoms with Crippen molar-refractivity contribution in [2.45, 2.75) is 13.5 Å². The fourth-order valence-corrected chi connectivity index (χ4v) is 2.41. The average Bonchev–Trinajstić information content (AvgIpc) is 2.68. The minimum atomic E-state index is -0.226. The van der Waals surface area contributed by atoms with Crippen molar-refractivity contribution in [3.63, 3.8) is 0 Å². The highest BCUT2D eigenvalue weighted by Crippen LogP contribution is 2.17. The number of nitrogens with zero attached hydrogens (tertiary/aromatic N) is 1. The van der Waals surface area contributed by atoms with E-state index in [0.29, 0.717) is 29.2 Å². The predicted molar refractivity (Wildman–Crippen MR) is 101 cm³/mol. The molecule has 0 spiro atoms. The smallest absolute Gasteiger partial charge is 0.255 e. The van der Waals surface area contributed by atoms with Crippen molar-refractivity contribution in [3.05, 3.63) is 95.1 Å². The van der Waals surface area contributed by atoms with Gasteiger partial charge in [0.1, 0.15) is 12.4 Å². The number of aryl methyl sites for hydroxylation is 1. The summed E-state index contributed by atoms with van der Waals surface area (Å²) >= 11 is 0. The van der Waals surface area contributed by atoms with Crippen LogP contribution in [0.2, 0.25) is 0 Å². The van der Waals surface area contributed by atoms with E-state index >= 15 is 0 Å². The largest absolute Gasteiger partial charge is 0.489 e. The average molecular weight is 342 g/mol. The van der Waals surface area contributed by atoms with Gasteiger partial charge in [0.05, 0.1) is 11.6 Å². The second kappa shape index (κ2) is 8.00. The van der Waals surface area contributed by atoms with Crippen molar-refractivity contribution in [1.82, 2.24) is 0 Å². The summed E-state index contributed by atoms with van der Waals surface area (Å²) in [6.07, 6.45) is 0. The lowest BCUT2D eigenvalue weighted by Crippen LogP contribution is -2.12. The summed E-state index contributed by atoms with van der Waals surface area (Å²) in [6, 6.07) is 24.0. The van der Waals surface area contributed by atoms with Crippen LogP contribution in [-0.4, -0.2) is 5.91 Å². The standard InChI is InChI=1S/C22H18N2O2/c1-16-5-7-18(8-6-16)15-26-21-4-2-3-19(13-21)22(25)24-20-11-9-17(14-23)10-12-20/h2-13H,15H2,1H3,(H,24,25). The van der Waals surface area contributed by atoms with Crippen LogP contribution in [0.5, 0.6) is 5.75 Å². The highest BCUT2D eigenvalue weighted by molar-refractivity contribution is 6.04. The van der Waals surface area contributed by atoms with Gasteiger partial charge < -0.3 is 10.1 Å². The van der Waals surface area contributed by atoms with Gasteiger partial charge in [0, 0.05) is 11.3 Å². The summed E-state index contributed by atoms with van der Waals surface area (Å²) in [5.41, 5.74) is 3.98. The normalized spacial score (nSPS) is 10.0. The molecule has 0 radical (unpaired) electrons. The fraction of sp³-hybridized carbons (Fsp3) is 0.0909. The van der Waals surface area contributed by atoms with Gasteiger partial charge in [-0.2, -0.15) is 5.26 Å². The molecule has 0 aliphatic heterocycles. The summed E-state index contributed by atoms with van der Waals surface area (Å²) in [5.74, 6) is 0.411. The number of rotatable bonds is 5. The molecule has 0 atom stereocenters. The first kappa shape index (κ1) is 17.2. The quantitative estimate of drug-likeness (QED) is 0.731. The Bertz CT molecular complexity index is 939. The van der Waals surface area contributed by atoms with Crippen LogP contribution < -0.4 is 10.1 Å². The molecule has 0 fully saturated rings. The van der Waals surface area contributed by atoms with E-state index in [2.05, 4.69) is 5.32 Å². The van der Waals surface area contributed by atoms with Gasteiger partial charge in [-0.1, -0.05) is 35.9 Å². The van der Waals surface area contributed by atoms with E-state index in [1.165, 1.54) is 5.56 Å². The Balaban J connectivity index is 1.64. The summed E-state index contributed by atoms with van der Waals surface area (Å²) in [5, 5.41) is 11.6. The number of hydrogen-bond acceptors (Lipinski definition) is 3. The lowest BCUT2D eigenvalue weighted by molar-refractivity contribution is 0.102. The van der Waals surface area contributed by atoms with E-state index < -0.39 is 0 Å². The van der Waals surface area contributed by atoms with E-state index in [1.54, 1.807) is 42.5 Å². The third kappa shape index (κ3) is 4.49. The van der Waals surface area contributed by atoms with Crippen LogP contribution in [0.4, 0.5) is 5.69 Å². The Morgan fingerprint density at radius 2 is 1.77 bits per heavy atom. The van der Waals surface area contributed by atoms with Gasteiger partial charge in [-0.25, -0.2) is 0 Å². The maximum absolute atomic E-state index is 12.4. The maximum atomic E-state index is 12.4. The van der Waals surface area contributed by atoms with Gasteiger partial charge in [0.2, 0.25) is 0 Å². The third-order valence-corrected chi connectivity index (χ3v) is 3.89. The molecule has 26 heavy (non-hydrogen) atoms. The second-order valence-electron chi connectivity index (χ2n) is 5.95. The molecule has 0 unspecified atom stereocenters. The van der Waals surface area contributed by atoms with Crippen molar-refractivity contribution < 1.29 is 9.53 Å². The van der Waals surface area contributed by atoms with E-state index in [1.807, 2.05) is 43.3 Å². The first-order valence-corrected chi connectivity index (χ1v) is 8.24. The zero-order valence-electron chi connectivity index (χ0n) is 14.4. The molecule has 0 heterocycles. The monoisotopic (exact) mass is 342 g/mol. The van der Waals surface area contributed by atoms with Gasteiger partial charge in [0.25, 0.3) is 5.91 Å². The first-order chi connectivity index (χ1) is 12.6. The number of benzene rings is 3. The molecule has 0 saturated carbocycles. The van der Waals surface area contributed by atoms with Gasteiger partial charge in [0.15, 0.2) is 0 Å². The number of nitriles is 1. The van der Waals surface area contributed by atoms with Crippen LogP contribution in [0, 0.1) is 18.3 Å². The van der Waals surface area contributed by atoms with E-state index in [4.69, 9.17) is 10.00 Å². The van der Waals surface area contributed by atoms with E-state index in [0.717, 1.165) is 5.56 Å². The number of amides is 1. The highest BCUT2D eigenvalue weighted by Gasteiger charge is 2.08. The Hall–Kier alpha value is -3.58. The number of anilines is 1. The zero-order chi connectivity index (χ0) is 18.4. The molecule has 0 aromatic heterocycles. The van der Waals surface area contributed by atoms with Gasteiger partial charge in [-0.15, -0.1) is 0 Å². The number of carbonyl (C=O) groups is 1. The Morgan fingerprint density at radius 1 is 1.04 bits per heavy atom. The lowest BCUT2D eigenvalue weighted by atomic mass is 10.1. The molecule has 3 rings (SSSR count). The molecule has 4 nitrogen and oxygen atoms in total. The summed E-state index contributed by atoms with van der Waals surface area (Å²) in [4.78, 5) is 12.4. The van der Waals surface area contributed by atoms with Crippen LogP contribution in [-0.2, 0) is 6.61 Å². The minimum absolute atomic E-state index is 0.226. The summed E-state index contributed by atoms with van der Waals surface area (Å²) < 4.78 is 5.79. The predicted octanol–water partition coefficient (Wildman–Crippen LogP) is 4.70. The minimum Gasteiger partial charge on any atom is -0.489 e. The van der Waals surface area contributed by atoms with Crippen molar-refractivity contribution >= 4 is 11.6 Å². The Morgan fingerprint density at radius 3 is 2.46 bits per heavy atom. The maximum Gasteiger partial charge on any atom is 0.255 e. The number of nitrogens with one attached hydrogen (secondary N) is 1. The molecule has 3 aromatic rings. The molecule has 1 amide bonds. The van der Waals surface area contributed by atoms with Crippen molar-refractivity contribution in [3.8, 4) is 11.8 Å². The van der Waals surface area contributed by atoms with Crippen LogP contribution >= 0.6 is 0 Å². The zero-order valence-corrected chi connectivity index (χ0v) is 14.4. The van der Waals surface area contributed by atoms with Gasteiger partial charge in [-0.3, -0.25) is 4.79 Å². The molecule has 0 bridgehead atoms. The molecule has 3 aromatic carbocycles. The second-order valence-corrected chi connectivity index (χ2v) is 5.95. The molecule has 0 saturated heterocycles. The number of hydrogen-bond donors (Lipinski definition) is 1. The highest BCUT2D eigenvalue weighted by atomic mass is 16.5.